The van der Waals surface area contributed by atoms with Gasteiger partial charge in [-0.1, -0.05) is 10.3 Å². The molecule has 0 bridgehead atoms. The molecule has 1 aliphatic heterocycles. The molecule has 0 saturated heterocycles. The van der Waals surface area contributed by atoms with Crippen molar-refractivity contribution in [3.63, 3.8) is 0 Å². The van der Waals surface area contributed by atoms with Gasteiger partial charge in [0.2, 0.25) is 0 Å². The number of oxime groups is 1. The van der Waals surface area contributed by atoms with Crippen LogP contribution in [-0.2, 0) is 15.4 Å². The first-order valence-electron chi connectivity index (χ1n) is 6.87. The standard InChI is InChI=1S/C15H16N2O4S/c1-9(18)19-10-4-5-13-11(6-10)12(16-20-13)8-22-14-7-15(2,3)21-17-14/h4-6H,7-8H2,1-3H3. The lowest BCUT2D eigenvalue weighted by molar-refractivity contribution is -0.131. The largest absolute Gasteiger partial charge is 0.427 e. The Balaban J connectivity index is 1.75. The second-order valence-corrected chi connectivity index (χ2v) is 6.73. The molecular weight excluding hydrogens is 304 g/mol. The Morgan fingerprint density at radius 3 is 2.95 bits per heavy atom. The monoisotopic (exact) mass is 320 g/mol. The minimum Gasteiger partial charge on any atom is -0.427 e. The molecule has 0 aliphatic carbocycles. The highest BCUT2D eigenvalue weighted by molar-refractivity contribution is 8.13. The summed E-state index contributed by atoms with van der Waals surface area (Å²) in [6.45, 7) is 5.37. The molecular formula is C15H16N2O4S. The van der Waals surface area contributed by atoms with Crippen LogP contribution in [0.15, 0.2) is 27.9 Å². The Bertz CT molecular complexity index is 751. The fourth-order valence-corrected chi connectivity index (χ4v) is 3.18. The number of carbonyl (C=O) groups is 1. The molecule has 7 heteroatoms. The van der Waals surface area contributed by atoms with Gasteiger partial charge < -0.3 is 14.1 Å². The van der Waals surface area contributed by atoms with E-state index in [0.29, 0.717) is 17.1 Å². The molecule has 0 radical (unpaired) electrons. The molecule has 0 amide bonds. The molecule has 0 spiro atoms. The quantitative estimate of drug-likeness (QED) is 0.636. The second-order valence-electron chi connectivity index (χ2n) is 5.68. The summed E-state index contributed by atoms with van der Waals surface area (Å²) in [6.07, 6.45) is 0.784. The van der Waals surface area contributed by atoms with Gasteiger partial charge in [-0.05, 0) is 32.0 Å². The van der Waals surface area contributed by atoms with Crippen molar-refractivity contribution in [1.29, 1.82) is 0 Å². The first-order chi connectivity index (χ1) is 10.4. The third-order valence-corrected chi connectivity index (χ3v) is 4.09. The van der Waals surface area contributed by atoms with Gasteiger partial charge >= 0.3 is 5.97 Å². The summed E-state index contributed by atoms with van der Waals surface area (Å²) in [5.41, 5.74) is 1.22. The molecule has 2 aromatic rings. The smallest absolute Gasteiger partial charge is 0.308 e. The number of thioether (sulfide) groups is 1. The van der Waals surface area contributed by atoms with E-state index in [-0.39, 0.29) is 11.6 Å². The molecule has 3 rings (SSSR count). The van der Waals surface area contributed by atoms with Crippen LogP contribution < -0.4 is 4.74 Å². The number of nitrogens with zero attached hydrogens (tertiary/aromatic N) is 2. The molecule has 0 fully saturated rings. The summed E-state index contributed by atoms with van der Waals surface area (Å²) in [7, 11) is 0. The summed E-state index contributed by atoms with van der Waals surface area (Å²) in [6, 6.07) is 5.19. The number of fused-ring (bicyclic) bond motifs is 1. The van der Waals surface area contributed by atoms with E-state index in [1.807, 2.05) is 13.8 Å². The average Bonchev–Trinajstić information content (AvgIpc) is 2.98. The summed E-state index contributed by atoms with van der Waals surface area (Å²) in [5.74, 6) is 0.748. The van der Waals surface area contributed by atoms with Crippen molar-refractivity contribution in [3.05, 3.63) is 23.9 Å². The number of benzene rings is 1. The second kappa shape index (κ2) is 5.64. The summed E-state index contributed by atoms with van der Waals surface area (Å²) < 4.78 is 10.4. The lowest BCUT2D eigenvalue weighted by Crippen LogP contribution is -2.18. The normalized spacial score (nSPS) is 16.4. The summed E-state index contributed by atoms with van der Waals surface area (Å²) in [4.78, 5) is 16.4. The molecule has 0 atom stereocenters. The lowest BCUT2D eigenvalue weighted by atomic mass is 10.1. The van der Waals surface area contributed by atoms with Gasteiger partial charge in [-0.3, -0.25) is 4.79 Å². The minimum absolute atomic E-state index is 0.239. The highest BCUT2D eigenvalue weighted by Crippen LogP contribution is 2.31. The van der Waals surface area contributed by atoms with Gasteiger partial charge in [0.15, 0.2) is 5.58 Å². The van der Waals surface area contributed by atoms with Crippen LogP contribution in [0.25, 0.3) is 11.0 Å². The predicted octanol–water partition coefficient (Wildman–Crippen LogP) is 3.50. The van der Waals surface area contributed by atoms with Crippen LogP contribution in [-0.4, -0.2) is 21.8 Å². The maximum atomic E-state index is 11.0. The van der Waals surface area contributed by atoms with Crippen LogP contribution in [0.2, 0.25) is 0 Å². The number of rotatable bonds is 3. The molecule has 22 heavy (non-hydrogen) atoms. The molecule has 2 heterocycles. The van der Waals surface area contributed by atoms with Crippen molar-refractivity contribution < 1.29 is 18.9 Å². The third-order valence-electron chi connectivity index (χ3n) is 3.12. The number of hydrogen-bond acceptors (Lipinski definition) is 7. The van der Waals surface area contributed by atoms with Gasteiger partial charge in [0.05, 0.1) is 0 Å². The van der Waals surface area contributed by atoms with Crippen LogP contribution in [0.1, 0.15) is 32.9 Å². The van der Waals surface area contributed by atoms with Crippen LogP contribution in [0, 0.1) is 0 Å². The van der Waals surface area contributed by atoms with E-state index < -0.39 is 0 Å². The van der Waals surface area contributed by atoms with Gasteiger partial charge in [-0.2, -0.15) is 0 Å². The Hall–Kier alpha value is -2.02. The van der Waals surface area contributed by atoms with E-state index in [9.17, 15) is 4.79 Å². The zero-order chi connectivity index (χ0) is 15.7. The highest BCUT2D eigenvalue weighted by atomic mass is 32.2. The fourth-order valence-electron chi connectivity index (χ4n) is 2.13. The van der Waals surface area contributed by atoms with Crippen molar-refractivity contribution in [2.75, 3.05) is 0 Å². The van der Waals surface area contributed by atoms with Gasteiger partial charge in [0.25, 0.3) is 0 Å². The van der Waals surface area contributed by atoms with E-state index in [1.54, 1.807) is 30.0 Å². The first kappa shape index (κ1) is 14.9. The maximum Gasteiger partial charge on any atom is 0.308 e. The summed E-state index contributed by atoms with van der Waals surface area (Å²) in [5, 5.41) is 9.94. The number of carbonyl (C=O) groups excluding carboxylic acids is 1. The molecule has 0 unspecified atom stereocenters. The lowest BCUT2D eigenvalue weighted by Gasteiger charge is -2.12. The molecule has 1 aromatic carbocycles. The van der Waals surface area contributed by atoms with E-state index >= 15 is 0 Å². The third kappa shape index (κ3) is 3.24. The van der Waals surface area contributed by atoms with Gasteiger partial charge in [0, 0.05) is 24.5 Å². The van der Waals surface area contributed by atoms with E-state index in [2.05, 4.69) is 10.3 Å². The number of ether oxygens (including phenoxy) is 1. The molecule has 6 nitrogen and oxygen atoms in total. The highest BCUT2D eigenvalue weighted by Gasteiger charge is 2.29. The van der Waals surface area contributed by atoms with Crippen molar-refractivity contribution in [2.45, 2.75) is 38.5 Å². The molecule has 0 N–H and O–H groups in total. The van der Waals surface area contributed by atoms with Gasteiger partial charge in [-0.15, -0.1) is 11.8 Å². The Kier molecular flexibility index (Phi) is 3.82. The Morgan fingerprint density at radius 2 is 2.27 bits per heavy atom. The molecule has 1 aromatic heterocycles. The van der Waals surface area contributed by atoms with Crippen LogP contribution in [0.3, 0.4) is 0 Å². The minimum atomic E-state index is -0.355. The van der Waals surface area contributed by atoms with Crippen LogP contribution >= 0.6 is 11.8 Å². The zero-order valence-electron chi connectivity index (χ0n) is 12.6. The van der Waals surface area contributed by atoms with E-state index in [0.717, 1.165) is 22.5 Å². The maximum absolute atomic E-state index is 11.0. The Morgan fingerprint density at radius 1 is 1.45 bits per heavy atom. The number of esters is 1. The van der Waals surface area contributed by atoms with E-state index in [4.69, 9.17) is 14.1 Å². The zero-order valence-corrected chi connectivity index (χ0v) is 13.4. The number of hydrogen-bond donors (Lipinski definition) is 0. The van der Waals surface area contributed by atoms with Crippen LogP contribution in [0.4, 0.5) is 0 Å². The first-order valence-corrected chi connectivity index (χ1v) is 7.86. The van der Waals surface area contributed by atoms with Gasteiger partial charge in [-0.25, -0.2) is 0 Å². The van der Waals surface area contributed by atoms with Crippen LogP contribution in [0.5, 0.6) is 5.75 Å². The molecule has 116 valence electrons. The Labute approximate surface area is 131 Å². The average molecular weight is 320 g/mol. The topological polar surface area (TPSA) is 73.9 Å². The molecule has 0 saturated carbocycles. The van der Waals surface area contributed by atoms with Crippen molar-refractivity contribution in [2.24, 2.45) is 5.16 Å². The number of aromatic nitrogens is 1. The van der Waals surface area contributed by atoms with Crippen molar-refractivity contribution in [3.8, 4) is 5.75 Å². The molecule has 1 aliphatic rings. The summed E-state index contributed by atoms with van der Waals surface area (Å²) >= 11 is 1.57. The van der Waals surface area contributed by atoms with Gasteiger partial charge in [0.1, 0.15) is 22.1 Å². The predicted molar refractivity (Wildman–Crippen MR) is 83.8 cm³/mol. The SMILES string of the molecule is CC(=O)Oc1ccc2onc(CSC3=NOC(C)(C)C3)c2c1. The van der Waals surface area contributed by atoms with Crippen molar-refractivity contribution >= 4 is 33.7 Å². The van der Waals surface area contributed by atoms with Crippen molar-refractivity contribution in [1.82, 2.24) is 5.16 Å². The van der Waals surface area contributed by atoms with E-state index in [1.165, 1.54) is 6.92 Å². The fraction of sp³-hybridized carbons (Fsp3) is 0.400.